The molecule has 0 aromatic rings. The lowest BCUT2D eigenvalue weighted by molar-refractivity contribution is 0.160. The van der Waals surface area contributed by atoms with E-state index in [1.165, 1.54) is 12.8 Å². The maximum absolute atomic E-state index is 9.59. The van der Waals surface area contributed by atoms with Crippen molar-refractivity contribution in [2.24, 2.45) is 11.3 Å². The normalized spacial score (nSPS) is 37.8. The van der Waals surface area contributed by atoms with Crippen molar-refractivity contribution < 1.29 is 5.11 Å². The molecule has 0 bridgehead atoms. The van der Waals surface area contributed by atoms with E-state index in [0.717, 1.165) is 38.5 Å². The number of rotatable bonds is 4. The van der Waals surface area contributed by atoms with Crippen LogP contribution in [0, 0.1) is 11.3 Å². The third kappa shape index (κ3) is 3.01. The molecule has 0 aromatic heterocycles. The van der Waals surface area contributed by atoms with Crippen LogP contribution in [0.5, 0.6) is 0 Å². The fourth-order valence-corrected chi connectivity index (χ4v) is 3.69. The van der Waals surface area contributed by atoms with Crippen LogP contribution in [0.4, 0.5) is 0 Å². The highest BCUT2D eigenvalue weighted by Gasteiger charge is 2.42. The molecule has 3 nitrogen and oxygen atoms in total. The Hall–Kier alpha value is -0.120. The quantitative estimate of drug-likeness (QED) is 0.781. The third-order valence-electron chi connectivity index (χ3n) is 4.64. The molecule has 0 aromatic carbocycles. The van der Waals surface area contributed by atoms with E-state index in [0.29, 0.717) is 11.5 Å². The first kappa shape index (κ1) is 13.3. The predicted octanol–water partition coefficient (Wildman–Crippen LogP) is 1.47. The fourth-order valence-electron chi connectivity index (χ4n) is 3.69. The largest absolute Gasteiger partial charge is 0.392 e. The predicted molar refractivity (Wildman–Crippen MR) is 71.0 cm³/mol. The van der Waals surface area contributed by atoms with Crippen molar-refractivity contribution in [3.8, 4) is 0 Å². The third-order valence-corrected chi connectivity index (χ3v) is 4.64. The van der Waals surface area contributed by atoms with Crippen molar-refractivity contribution in [1.82, 2.24) is 10.2 Å². The van der Waals surface area contributed by atoms with E-state index in [9.17, 15) is 5.11 Å². The van der Waals surface area contributed by atoms with Crippen molar-refractivity contribution >= 4 is 0 Å². The minimum Gasteiger partial charge on any atom is -0.392 e. The Labute approximate surface area is 106 Å². The summed E-state index contributed by atoms with van der Waals surface area (Å²) in [6, 6.07) is 0.644. The molecule has 0 radical (unpaired) electrons. The molecule has 1 saturated heterocycles. The van der Waals surface area contributed by atoms with Gasteiger partial charge in [-0.05, 0) is 37.1 Å². The molecule has 17 heavy (non-hydrogen) atoms. The van der Waals surface area contributed by atoms with Gasteiger partial charge in [0.2, 0.25) is 0 Å². The van der Waals surface area contributed by atoms with Crippen LogP contribution in [0.3, 0.4) is 0 Å². The molecule has 3 atom stereocenters. The zero-order valence-corrected chi connectivity index (χ0v) is 11.6. The van der Waals surface area contributed by atoms with E-state index < -0.39 is 0 Å². The molecule has 3 unspecified atom stereocenters. The first-order chi connectivity index (χ1) is 8.03. The zero-order chi connectivity index (χ0) is 12.5. The van der Waals surface area contributed by atoms with Crippen molar-refractivity contribution in [3.05, 3.63) is 0 Å². The van der Waals surface area contributed by atoms with Crippen LogP contribution in [0.2, 0.25) is 0 Å². The summed E-state index contributed by atoms with van der Waals surface area (Å²) in [7, 11) is 0. The summed E-state index contributed by atoms with van der Waals surface area (Å²) in [5.74, 6) is 0.759. The Morgan fingerprint density at radius 1 is 1.35 bits per heavy atom. The van der Waals surface area contributed by atoms with Crippen LogP contribution in [-0.2, 0) is 0 Å². The highest BCUT2D eigenvalue weighted by atomic mass is 16.3. The number of β-amino-alcohol motifs (C(OH)–C–C–N with tert-alkyl or cyclic N) is 1. The van der Waals surface area contributed by atoms with Gasteiger partial charge >= 0.3 is 0 Å². The molecular weight excluding hydrogens is 212 g/mol. The van der Waals surface area contributed by atoms with Crippen LogP contribution < -0.4 is 5.32 Å². The first-order valence-electron chi connectivity index (χ1n) is 7.16. The first-order valence-corrected chi connectivity index (χ1v) is 7.16. The Balaban J connectivity index is 1.91. The molecule has 1 aliphatic heterocycles. The van der Waals surface area contributed by atoms with Gasteiger partial charge in [-0.2, -0.15) is 0 Å². The minimum absolute atomic E-state index is 0.0815. The topological polar surface area (TPSA) is 35.5 Å². The average molecular weight is 240 g/mol. The molecule has 0 spiro atoms. The summed E-state index contributed by atoms with van der Waals surface area (Å²) in [6.45, 7) is 11.2. The van der Waals surface area contributed by atoms with E-state index >= 15 is 0 Å². The van der Waals surface area contributed by atoms with E-state index in [4.69, 9.17) is 0 Å². The van der Waals surface area contributed by atoms with Crippen molar-refractivity contribution in [3.63, 3.8) is 0 Å². The van der Waals surface area contributed by atoms with Gasteiger partial charge in [-0.25, -0.2) is 0 Å². The molecule has 1 heterocycles. The monoisotopic (exact) mass is 240 g/mol. The second-order valence-corrected chi connectivity index (χ2v) is 6.52. The van der Waals surface area contributed by atoms with Gasteiger partial charge in [-0.1, -0.05) is 20.8 Å². The number of aliphatic hydroxyl groups excluding tert-OH is 1. The summed E-state index contributed by atoms with van der Waals surface area (Å²) >= 11 is 0. The smallest absolute Gasteiger partial charge is 0.0679 e. The molecule has 2 rings (SSSR count). The van der Waals surface area contributed by atoms with Gasteiger partial charge < -0.3 is 15.3 Å². The van der Waals surface area contributed by atoms with Gasteiger partial charge in [-0.15, -0.1) is 0 Å². The standard InChI is InChI=1S/C14H28N2O/c1-4-15-13-11(5-7-14(13,2)3)9-16-8-6-12(17)10-16/h11-13,15,17H,4-10H2,1-3H3. The number of nitrogens with zero attached hydrogens (tertiary/aromatic N) is 1. The lowest BCUT2D eigenvalue weighted by atomic mass is 9.84. The molecule has 2 aliphatic rings. The summed E-state index contributed by atoms with van der Waals surface area (Å²) in [4.78, 5) is 2.45. The SMILES string of the molecule is CCNC1C(CN2CCC(O)C2)CCC1(C)C. The fraction of sp³-hybridized carbons (Fsp3) is 1.00. The molecule has 1 saturated carbocycles. The van der Waals surface area contributed by atoms with Crippen LogP contribution >= 0.6 is 0 Å². The van der Waals surface area contributed by atoms with Crippen LogP contribution in [-0.4, -0.2) is 48.3 Å². The lowest BCUT2D eigenvalue weighted by Crippen LogP contribution is -2.45. The number of nitrogens with one attached hydrogen (secondary N) is 1. The van der Waals surface area contributed by atoms with Gasteiger partial charge in [0, 0.05) is 25.7 Å². The number of hydrogen-bond acceptors (Lipinski definition) is 3. The van der Waals surface area contributed by atoms with Crippen LogP contribution in [0.15, 0.2) is 0 Å². The Bertz CT molecular complexity index is 255. The molecule has 1 aliphatic carbocycles. The van der Waals surface area contributed by atoms with Gasteiger partial charge in [0.15, 0.2) is 0 Å². The highest BCUT2D eigenvalue weighted by molar-refractivity contribution is 4.97. The van der Waals surface area contributed by atoms with E-state index in [2.05, 4.69) is 31.0 Å². The van der Waals surface area contributed by atoms with Crippen LogP contribution in [0.1, 0.15) is 40.0 Å². The summed E-state index contributed by atoms with van der Waals surface area (Å²) < 4.78 is 0. The maximum Gasteiger partial charge on any atom is 0.0679 e. The van der Waals surface area contributed by atoms with E-state index in [1.807, 2.05) is 0 Å². The molecule has 2 N–H and O–H groups in total. The van der Waals surface area contributed by atoms with Gasteiger partial charge in [0.1, 0.15) is 0 Å². The Morgan fingerprint density at radius 3 is 2.71 bits per heavy atom. The average Bonchev–Trinajstić information content (AvgIpc) is 2.77. The zero-order valence-electron chi connectivity index (χ0n) is 11.6. The van der Waals surface area contributed by atoms with Crippen molar-refractivity contribution in [2.75, 3.05) is 26.2 Å². The van der Waals surface area contributed by atoms with Gasteiger partial charge in [0.05, 0.1) is 6.10 Å². The summed E-state index contributed by atoms with van der Waals surface area (Å²) in [5.41, 5.74) is 0.430. The van der Waals surface area contributed by atoms with Gasteiger partial charge in [0.25, 0.3) is 0 Å². The van der Waals surface area contributed by atoms with Crippen molar-refractivity contribution in [1.29, 1.82) is 0 Å². The Kier molecular flexibility index (Phi) is 4.11. The minimum atomic E-state index is -0.0815. The molecular formula is C14H28N2O. The number of aliphatic hydroxyl groups is 1. The highest BCUT2D eigenvalue weighted by Crippen LogP contribution is 2.41. The van der Waals surface area contributed by atoms with Crippen LogP contribution in [0.25, 0.3) is 0 Å². The second-order valence-electron chi connectivity index (χ2n) is 6.52. The number of hydrogen-bond donors (Lipinski definition) is 2. The lowest BCUT2D eigenvalue weighted by Gasteiger charge is -2.33. The summed E-state index contributed by atoms with van der Waals surface area (Å²) in [6.07, 6.45) is 3.53. The second kappa shape index (κ2) is 5.25. The van der Waals surface area contributed by atoms with E-state index in [-0.39, 0.29) is 6.10 Å². The molecule has 0 amide bonds. The van der Waals surface area contributed by atoms with E-state index in [1.54, 1.807) is 0 Å². The molecule has 3 heteroatoms. The maximum atomic E-state index is 9.59. The molecule has 2 fully saturated rings. The van der Waals surface area contributed by atoms with Gasteiger partial charge in [-0.3, -0.25) is 0 Å². The summed E-state index contributed by atoms with van der Waals surface area (Å²) in [5, 5.41) is 13.3. The Morgan fingerprint density at radius 2 is 2.12 bits per heavy atom. The number of likely N-dealkylation sites (tertiary alicyclic amines) is 1. The van der Waals surface area contributed by atoms with Crippen molar-refractivity contribution in [2.45, 2.75) is 52.2 Å². The molecule has 100 valence electrons.